The first kappa shape index (κ1) is 19.8. The van der Waals surface area contributed by atoms with Gasteiger partial charge < -0.3 is 4.98 Å². The van der Waals surface area contributed by atoms with Crippen LogP contribution < -0.4 is 5.56 Å². The minimum Gasteiger partial charge on any atom is -0.328 e. The van der Waals surface area contributed by atoms with Crippen LogP contribution in [0.1, 0.15) is 57.8 Å². The fourth-order valence-corrected chi connectivity index (χ4v) is 4.12. The Kier molecular flexibility index (Phi) is 5.81. The van der Waals surface area contributed by atoms with Crippen molar-refractivity contribution >= 4 is 21.7 Å². The van der Waals surface area contributed by atoms with Crippen molar-refractivity contribution in [1.29, 1.82) is 0 Å². The van der Waals surface area contributed by atoms with Gasteiger partial charge in [0.05, 0.1) is 0 Å². The largest absolute Gasteiger partial charge is 0.328 e. The number of carbonyl (C=O) groups is 1. The Morgan fingerprint density at radius 3 is 2.55 bits per heavy atom. The summed E-state index contributed by atoms with van der Waals surface area (Å²) in [6.07, 6.45) is 5.05. The number of Topliss-reactive ketones (excluding diaryl/α,β-unsaturated/α-hetero) is 1. The standard InChI is InChI=1S/C25H24BrNO2/c1-16-4-2-3-5-22(16)23(18-8-10-21(26)11-9-18)14-24(28)20-13-19(12-17-6-7-17)25(29)27-15-20/h2-5,8-11,13,15,17,23H,6-7,12,14H2,1H3,(H,27,29). The van der Waals surface area contributed by atoms with Crippen LogP contribution in [0.2, 0.25) is 0 Å². The highest BCUT2D eigenvalue weighted by molar-refractivity contribution is 9.10. The highest BCUT2D eigenvalue weighted by Gasteiger charge is 2.24. The first-order chi connectivity index (χ1) is 14.0. The molecule has 1 atom stereocenters. The van der Waals surface area contributed by atoms with Gasteiger partial charge in [-0.2, -0.15) is 0 Å². The van der Waals surface area contributed by atoms with Crippen molar-refractivity contribution in [2.24, 2.45) is 5.92 Å². The van der Waals surface area contributed by atoms with Crippen LogP contribution >= 0.6 is 15.9 Å². The predicted molar refractivity (Wildman–Crippen MR) is 120 cm³/mol. The number of pyridine rings is 1. The molecule has 1 aromatic heterocycles. The van der Waals surface area contributed by atoms with Gasteiger partial charge in [-0.05, 0) is 67.0 Å². The maximum atomic E-state index is 13.2. The fraction of sp³-hybridized carbons (Fsp3) is 0.280. The molecule has 1 aliphatic rings. The average molecular weight is 450 g/mol. The summed E-state index contributed by atoms with van der Waals surface area (Å²) in [6.45, 7) is 2.08. The fourth-order valence-electron chi connectivity index (χ4n) is 3.86. The Morgan fingerprint density at radius 2 is 1.86 bits per heavy atom. The monoisotopic (exact) mass is 449 g/mol. The maximum absolute atomic E-state index is 13.2. The molecule has 0 radical (unpaired) electrons. The Morgan fingerprint density at radius 1 is 1.14 bits per heavy atom. The Bertz CT molecular complexity index is 1080. The molecule has 1 heterocycles. The molecule has 29 heavy (non-hydrogen) atoms. The molecule has 2 aromatic carbocycles. The zero-order chi connectivity index (χ0) is 20.4. The molecule has 0 saturated heterocycles. The van der Waals surface area contributed by atoms with Gasteiger partial charge in [-0.3, -0.25) is 9.59 Å². The zero-order valence-electron chi connectivity index (χ0n) is 16.5. The van der Waals surface area contributed by atoms with Crippen molar-refractivity contribution < 1.29 is 4.79 Å². The molecular weight excluding hydrogens is 426 g/mol. The topological polar surface area (TPSA) is 49.9 Å². The molecule has 4 heteroatoms. The minimum absolute atomic E-state index is 0.0318. The van der Waals surface area contributed by atoms with E-state index in [1.165, 1.54) is 18.4 Å². The first-order valence-corrected chi connectivity index (χ1v) is 10.9. The van der Waals surface area contributed by atoms with Crippen molar-refractivity contribution in [2.75, 3.05) is 0 Å². The van der Waals surface area contributed by atoms with Crippen LogP contribution in [-0.4, -0.2) is 10.8 Å². The van der Waals surface area contributed by atoms with Gasteiger partial charge in [0.2, 0.25) is 0 Å². The lowest BCUT2D eigenvalue weighted by Gasteiger charge is -2.20. The molecule has 3 aromatic rings. The van der Waals surface area contributed by atoms with E-state index < -0.39 is 0 Å². The zero-order valence-corrected chi connectivity index (χ0v) is 18.0. The van der Waals surface area contributed by atoms with Crippen LogP contribution in [0.4, 0.5) is 0 Å². The predicted octanol–water partition coefficient (Wildman–Crippen LogP) is 5.80. The van der Waals surface area contributed by atoms with Gasteiger partial charge in [-0.15, -0.1) is 0 Å². The van der Waals surface area contributed by atoms with Crippen LogP contribution in [0.15, 0.2) is 70.1 Å². The van der Waals surface area contributed by atoms with E-state index in [1.54, 1.807) is 12.3 Å². The molecule has 1 N–H and O–H groups in total. The number of aryl methyl sites for hydroxylation is 1. The summed E-state index contributed by atoms with van der Waals surface area (Å²) in [5.74, 6) is 0.619. The van der Waals surface area contributed by atoms with Crippen molar-refractivity contribution in [3.8, 4) is 0 Å². The third kappa shape index (κ3) is 4.76. The number of hydrogen-bond donors (Lipinski definition) is 1. The molecule has 0 amide bonds. The Labute approximate surface area is 179 Å². The van der Waals surface area contributed by atoms with Crippen LogP contribution in [0.25, 0.3) is 0 Å². The Hall–Kier alpha value is -2.46. The van der Waals surface area contributed by atoms with Gasteiger partial charge in [-0.1, -0.05) is 52.3 Å². The first-order valence-electron chi connectivity index (χ1n) is 10.1. The summed E-state index contributed by atoms with van der Waals surface area (Å²) in [5.41, 5.74) is 4.69. The number of aromatic amines is 1. The highest BCUT2D eigenvalue weighted by Crippen LogP contribution is 2.33. The van der Waals surface area contributed by atoms with E-state index in [0.717, 1.165) is 27.6 Å². The average Bonchev–Trinajstić information content (AvgIpc) is 3.53. The number of benzene rings is 2. The summed E-state index contributed by atoms with van der Waals surface area (Å²) < 4.78 is 1.02. The van der Waals surface area contributed by atoms with Crippen LogP contribution in [0.3, 0.4) is 0 Å². The van der Waals surface area contributed by atoms with E-state index in [-0.39, 0.29) is 17.3 Å². The third-order valence-electron chi connectivity index (χ3n) is 5.73. The molecule has 1 aliphatic carbocycles. The minimum atomic E-state index is -0.0724. The summed E-state index contributed by atoms with van der Waals surface area (Å²) in [6, 6.07) is 18.2. The normalized spacial score (nSPS) is 14.6. The lowest BCUT2D eigenvalue weighted by atomic mass is 9.84. The molecule has 148 valence electrons. The summed E-state index contributed by atoms with van der Waals surface area (Å²) >= 11 is 3.49. The maximum Gasteiger partial charge on any atom is 0.251 e. The smallest absolute Gasteiger partial charge is 0.251 e. The summed E-state index contributed by atoms with van der Waals surface area (Å²) in [4.78, 5) is 28.1. The lowest BCUT2D eigenvalue weighted by Crippen LogP contribution is -2.17. The van der Waals surface area contributed by atoms with E-state index in [0.29, 0.717) is 17.9 Å². The molecule has 3 nitrogen and oxygen atoms in total. The highest BCUT2D eigenvalue weighted by atomic mass is 79.9. The lowest BCUT2D eigenvalue weighted by molar-refractivity contribution is 0.0977. The number of carbonyl (C=O) groups excluding carboxylic acids is 1. The van der Waals surface area contributed by atoms with E-state index in [1.807, 2.05) is 24.3 Å². The van der Waals surface area contributed by atoms with Crippen LogP contribution in [-0.2, 0) is 6.42 Å². The number of nitrogens with one attached hydrogen (secondary N) is 1. The molecule has 0 spiro atoms. The van der Waals surface area contributed by atoms with Crippen LogP contribution in [0, 0.1) is 12.8 Å². The van der Waals surface area contributed by atoms with E-state index in [4.69, 9.17) is 0 Å². The summed E-state index contributed by atoms with van der Waals surface area (Å²) in [5, 5.41) is 0. The second kappa shape index (κ2) is 8.50. The van der Waals surface area contributed by atoms with Crippen LogP contribution in [0.5, 0.6) is 0 Å². The SMILES string of the molecule is Cc1ccccc1C(CC(=O)c1c[nH]c(=O)c(CC2CC2)c1)c1ccc(Br)cc1. The second-order valence-electron chi connectivity index (χ2n) is 7.98. The number of H-pyrrole nitrogens is 1. The number of aromatic nitrogens is 1. The molecular formula is C25H24BrNO2. The van der Waals surface area contributed by atoms with Crippen molar-refractivity contribution in [3.63, 3.8) is 0 Å². The van der Waals surface area contributed by atoms with Gasteiger partial charge in [0, 0.05) is 34.1 Å². The molecule has 1 unspecified atom stereocenters. The van der Waals surface area contributed by atoms with Gasteiger partial charge >= 0.3 is 0 Å². The van der Waals surface area contributed by atoms with Gasteiger partial charge in [0.25, 0.3) is 5.56 Å². The Balaban J connectivity index is 1.65. The van der Waals surface area contributed by atoms with E-state index >= 15 is 0 Å². The molecule has 1 saturated carbocycles. The number of rotatable bonds is 7. The van der Waals surface area contributed by atoms with Crippen molar-refractivity contribution in [2.45, 2.75) is 38.5 Å². The third-order valence-corrected chi connectivity index (χ3v) is 6.26. The number of hydrogen-bond acceptors (Lipinski definition) is 2. The molecule has 4 rings (SSSR count). The van der Waals surface area contributed by atoms with Gasteiger partial charge in [0.1, 0.15) is 0 Å². The quantitative estimate of drug-likeness (QED) is 0.463. The molecule has 0 bridgehead atoms. The second-order valence-corrected chi connectivity index (χ2v) is 8.89. The van der Waals surface area contributed by atoms with Crippen molar-refractivity contribution in [1.82, 2.24) is 4.98 Å². The van der Waals surface area contributed by atoms with Gasteiger partial charge in [-0.25, -0.2) is 0 Å². The molecule has 0 aliphatic heterocycles. The molecule has 1 fully saturated rings. The van der Waals surface area contributed by atoms with Gasteiger partial charge in [0.15, 0.2) is 5.78 Å². The number of ketones is 1. The van der Waals surface area contributed by atoms with E-state index in [2.05, 4.69) is 52.1 Å². The van der Waals surface area contributed by atoms with E-state index in [9.17, 15) is 9.59 Å². The van der Waals surface area contributed by atoms with Crippen molar-refractivity contribution in [3.05, 3.63) is 103 Å². The number of halogens is 1. The summed E-state index contributed by atoms with van der Waals surface area (Å²) in [7, 11) is 0.